The van der Waals surface area contributed by atoms with Crippen molar-refractivity contribution in [3.8, 4) is 11.5 Å². The predicted molar refractivity (Wildman–Crippen MR) is 105 cm³/mol. The number of hydrogen-bond acceptors (Lipinski definition) is 3. The number of nitrogens with one attached hydrogen (secondary N) is 1. The first-order valence-electron chi connectivity index (χ1n) is 8.08. The third-order valence-corrected chi connectivity index (χ3v) is 5.71. The maximum atomic E-state index is 13.1. The minimum Gasteiger partial charge on any atom is -0.455 e. The van der Waals surface area contributed by atoms with Crippen molar-refractivity contribution in [1.82, 2.24) is 0 Å². The van der Waals surface area contributed by atoms with Crippen LogP contribution in [-0.4, -0.2) is 8.42 Å². The van der Waals surface area contributed by atoms with Crippen LogP contribution in [0.2, 0.25) is 10.0 Å². The van der Waals surface area contributed by atoms with Crippen LogP contribution in [0.25, 0.3) is 0 Å². The summed E-state index contributed by atoms with van der Waals surface area (Å²) in [6.45, 7) is 0. The molecule has 0 unspecified atom stereocenters. The molecule has 0 heterocycles. The SMILES string of the molecule is O=S(=O)(Nc1cc(Cl)ccc1Oc1ccc(F)cc1)c1ccc(Cl)c(C(F)(F)F)c1. The first kappa shape index (κ1) is 22.2. The molecule has 30 heavy (non-hydrogen) atoms. The summed E-state index contributed by atoms with van der Waals surface area (Å²) in [6.07, 6.45) is -4.84. The number of sulfonamides is 1. The van der Waals surface area contributed by atoms with E-state index in [1.165, 1.54) is 30.3 Å². The summed E-state index contributed by atoms with van der Waals surface area (Å²) in [5.41, 5.74) is -1.42. The third kappa shape index (κ3) is 5.16. The van der Waals surface area contributed by atoms with Crippen molar-refractivity contribution in [2.75, 3.05) is 4.72 Å². The van der Waals surface area contributed by atoms with Gasteiger partial charge >= 0.3 is 6.18 Å². The minimum atomic E-state index is -4.84. The fourth-order valence-electron chi connectivity index (χ4n) is 2.39. The van der Waals surface area contributed by atoms with E-state index in [2.05, 4.69) is 4.72 Å². The second-order valence-corrected chi connectivity index (χ2v) is 8.47. The number of halogens is 6. The Kier molecular flexibility index (Phi) is 6.16. The van der Waals surface area contributed by atoms with Gasteiger partial charge in [-0.25, -0.2) is 12.8 Å². The van der Waals surface area contributed by atoms with E-state index < -0.39 is 37.5 Å². The molecule has 3 aromatic rings. The lowest BCUT2D eigenvalue weighted by Gasteiger charge is -2.15. The zero-order chi connectivity index (χ0) is 22.1. The van der Waals surface area contributed by atoms with Gasteiger partial charge in [-0.15, -0.1) is 0 Å². The van der Waals surface area contributed by atoms with E-state index in [0.29, 0.717) is 6.07 Å². The Morgan fingerprint density at radius 2 is 1.57 bits per heavy atom. The number of alkyl halides is 3. The number of ether oxygens (including phenoxy) is 1. The maximum Gasteiger partial charge on any atom is 0.417 e. The largest absolute Gasteiger partial charge is 0.455 e. The van der Waals surface area contributed by atoms with E-state index in [-0.39, 0.29) is 22.2 Å². The second-order valence-electron chi connectivity index (χ2n) is 5.94. The molecule has 3 rings (SSSR count). The van der Waals surface area contributed by atoms with E-state index in [9.17, 15) is 26.0 Å². The van der Waals surface area contributed by atoms with Gasteiger partial charge in [-0.2, -0.15) is 13.2 Å². The van der Waals surface area contributed by atoms with Crippen LogP contribution >= 0.6 is 23.2 Å². The Bertz CT molecular complexity index is 1180. The summed E-state index contributed by atoms with van der Waals surface area (Å²) >= 11 is 11.5. The number of rotatable bonds is 5. The van der Waals surface area contributed by atoms with Crippen LogP contribution in [0.3, 0.4) is 0 Å². The molecular weight excluding hydrogens is 469 g/mol. The van der Waals surface area contributed by atoms with Gasteiger partial charge in [-0.05, 0) is 60.7 Å². The standard InChI is InChI=1S/C19H11Cl2F4NO3S/c20-11-1-8-18(29-13-4-2-12(22)3-5-13)17(9-11)26-30(27,28)14-6-7-16(21)15(10-14)19(23,24)25/h1-10,26H. The van der Waals surface area contributed by atoms with Gasteiger partial charge in [0.2, 0.25) is 0 Å². The van der Waals surface area contributed by atoms with Crippen molar-refractivity contribution >= 4 is 38.9 Å². The van der Waals surface area contributed by atoms with E-state index in [1.807, 2.05) is 0 Å². The molecule has 0 amide bonds. The summed E-state index contributed by atoms with van der Waals surface area (Å²) in [5, 5.41) is -0.490. The van der Waals surface area contributed by atoms with E-state index >= 15 is 0 Å². The highest BCUT2D eigenvalue weighted by Gasteiger charge is 2.34. The zero-order valence-corrected chi connectivity index (χ0v) is 17.0. The van der Waals surface area contributed by atoms with Crippen molar-refractivity contribution in [3.63, 3.8) is 0 Å². The van der Waals surface area contributed by atoms with Gasteiger partial charge in [0.25, 0.3) is 10.0 Å². The Labute approximate surface area is 179 Å². The molecule has 0 aliphatic carbocycles. The van der Waals surface area contributed by atoms with Crippen molar-refractivity contribution < 1.29 is 30.7 Å². The quantitative estimate of drug-likeness (QED) is 0.412. The van der Waals surface area contributed by atoms with Crippen LogP contribution in [0.5, 0.6) is 11.5 Å². The Hall–Kier alpha value is -2.49. The lowest BCUT2D eigenvalue weighted by Crippen LogP contribution is -2.15. The Balaban J connectivity index is 1.97. The third-order valence-electron chi connectivity index (χ3n) is 3.78. The molecule has 0 aromatic heterocycles. The van der Waals surface area contributed by atoms with Crippen molar-refractivity contribution in [2.24, 2.45) is 0 Å². The molecule has 0 saturated carbocycles. The van der Waals surface area contributed by atoms with Gasteiger partial charge in [0.1, 0.15) is 11.6 Å². The van der Waals surface area contributed by atoms with E-state index in [0.717, 1.165) is 24.3 Å². The minimum absolute atomic E-state index is 0.000378. The molecule has 0 saturated heterocycles. The molecule has 0 aliphatic rings. The molecule has 0 spiro atoms. The Morgan fingerprint density at radius 1 is 0.900 bits per heavy atom. The van der Waals surface area contributed by atoms with Crippen LogP contribution in [0.15, 0.2) is 65.6 Å². The fourth-order valence-corrected chi connectivity index (χ4v) is 3.88. The van der Waals surface area contributed by atoms with Crippen molar-refractivity contribution in [1.29, 1.82) is 0 Å². The molecule has 4 nitrogen and oxygen atoms in total. The second kappa shape index (κ2) is 8.33. The smallest absolute Gasteiger partial charge is 0.417 e. The summed E-state index contributed by atoms with van der Waals surface area (Å²) in [5.74, 6) is -0.299. The van der Waals surface area contributed by atoms with Crippen LogP contribution < -0.4 is 9.46 Å². The van der Waals surface area contributed by atoms with Gasteiger partial charge < -0.3 is 4.74 Å². The molecule has 3 aromatic carbocycles. The van der Waals surface area contributed by atoms with E-state index in [1.54, 1.807) is 0 Å². The Morgan fingerprint density at radius 3 is 2.20 bits per heavy atom. The topological polar surface area (TPSA) is 55.4 Å². The molecule has 0 bridgehead atoms. The first-order chi connectivity index (χ1) is 14.0. The van der Waals surface area contributed by atoms with Gasteiger partial charge in [0, 0.05) is 5.02 Å². The van der Waals surface area contributed by atoms with Gasteiger partial charge in [-0.3, -0.25) is 4.72 Å². The number of benzene rings is 3. The molecule has 158 valence electrons. The highest BCUT2D eigenvalue weighted by Crippen LogP contribution is 2.37. The average Bonchev–Trinajstić information content (AvgIpc) is 2.64. The summed E-state index contributed by atoms with van der Waals surface area (Å²) in [4.78, 5) is -0.660. The van der Waals surface area contributed by atoms with E-state index in [4.69, 9.17) is 27.9 Å². The fraction of sp³-hybridized carbons (Fsp3) is 0.0526. The van der Waals surface area contributed by atoms with Crippen molar-refractivity contribution in [2.45, 2.75) is 11.1 Å². The monoisotopic (exact) mass is 479 g/mol. The zero-order valence-electron chi connectivity index (χ0n) is 14.7. The van der Waals surface area contributed by atoms with Gasteiger partial charge in [0.05, 0.1) is 21.2 Å². The predicted octanol–water partition coefficient (Wildman–Crippen LogP) is 6.74. The highest BCUT2D eigenvalue weighted by molar-refractivity contribution is 7.92. The molecule has 1 N–H and O–H groups in total. The average molecular weight is 480 g/mol. The maximum absolute atomic E-state index is 13.1. The molecular formula is C19H11Cl2F4NO3S. The summed E-state index contributed by atoms with van der Waals surface area (Å²) in [6, 6.07) is 11.1. The first-order valence-corrected chi connectivity index (χ1v) is 10.3. The normalized spacial score (nSPS) is 11.9. The van der Waals surface area contributed by atoms with Crippen LogP contribution in [0.1, 0.15) is 5.56 Å². The van der Waals surface area contributed by atoms with Crippen LogP contribution in [-0.2, 0) is 16.2 Å². The lowest BCUT2D eigenvalue weighted by atomic mass is 10.2. The lowest BCUT2D eigenvalue weighted by molar-refractivity contribution is -0.137. The van der Waals surface area contributed by atoms with Gasteiger partial charge in [0.15, 0.2) is 5.75 Å². The molecule has 0 radical (unpaired) electrons. The molecule has 0 aliphatic heterocycles. The summed E-state index contributed by atoms with van der Waals surface area (Å²) in [7, 11) is -4.46. The van der Waals surface area contributed by atoms with Crippen LogP contribution in [0.4, 0.5) is 23.2 Å². The molecule has 11 heteroatoms. The molecule has 0 atom stereocenters. The number of anilines is 1. The molecule has 0 fully saturated rings. The van der Waals surface area contributed by atoms with Crippen LogP contribution in [0, 0.1) is 5.82 Å². The van der Waals surface area contributed by atoms with Crippen molar-refractivity contribution in [3.05, 3.63) is 82.1 Å². The number of hydrogen-bond donors (Lipinski definition) is 1. The summed E-state index contributed by atoms with van der Waals surface area (Å²) < 4.78 is 85.3. The highest BCUT2D eigenvalue weighted by atomic mass is 35.5. The van der Waals surface area contributed by atoms with Gasteiger partial charge in [-0.1, -0.05) is 23.2 Å².